The Hall–Kier alpha value is -2.73. The zero-order valence-corrected chi connectivity index (χ0v) is 24.4. The number of benzene rings is 2. The van der Waals surface area contributed by atoms with Crippen molar-refractivity contribution in [2.24, 2.45) is 0 Å². The summed E-state index contributed by atoms with van der Waals surface area (Å²) in [6.07, 6.45) is 0.367. The molecule has 2 unspecified atom stereocenters. The van der Waals surface area contributed by atoms with E-state index < -0.39 is 29.9 Å². The first-order valence-electron chi connectivity index (χ1n) is 11.9. The van der Waals surface area contributed by atoms with Gasteiger partial charge in [0.15, 0.2) is 5.12 Å². The molecule has 2 atom stereocenters. The lowest BCUT2D eigenvalue weighted by molar-refractivity contribution is -0.141. The van der Waals surface area contributed by atoms with Gasteiger partial charge >= 0.3 is 5.97 Å². The number of carbonyl (C=O) groups excluding carboxylic acids is 4. The molecule has 4 N–H and O–H groups in total. The number of hydrogen-bond donors (Lipinski definition) is 4. The summed E-state index contributed by atoms with van der Waals surface area (Å²) in [5.74, 6) is -1.66. The molecule has 0 heterocycles. The van der Waals surface area contributed by atoms with E-state index >= 15 is 0 Å². The number of carbonyl (C=O) groups is 5. The van der Waals surface area contributed by atoms with E-state index in [2.05, 4.69) is 16.0 Å². The summed E-state index contributed by atoms with van der Waals surface area (Å²) < 4.78 is 0. The molecule has 9 nitrogen and oxygen atoms in total. The van der Waals surface area contributed by atoms with Crippen LogP contribution < -0.4 is 16.0 Å². The molecule has 2 aromatic rings. The first-order chi connectivity index (χ1) is 18.5. The lowest BCUT2D eigenvalue weighted by Crippen LogP contribution is -2.41. The lowest BCUT2D eigenvalue weighted by atomic mass is 10.1. The summed E-state index contributed by atoms with van der Waals surface area (Å²) in [5.41, 5.74) is 1.96. The van der Waals surface area contributed by atoms with Crippen molar-refractivity contribution in [3.05, 3.63) is 58.1 Å². The molecule has 0 radical (unpaired) electrons. The monoisotopic (exact) mass is 613 g/mol. The van der Waals surface area contributed by atoms with Crippen LogP contribution in [-0.2, 0) is 30.4 Å². The molecule has 0 aromatic heterocycles. The quantitative estimate of drug-likeness (QED) is 0.239. The topological polar surface area (TPSA) is 142 Å². The molecule has 210 valence electrons. The van der Waals surface area contributed by atoms with Gasteiger partial charge in [-0.2, -0.15) is 0 Å². The van der Waals surface area contributed by atoms with Gasteiger partial charge < -0.3 is 21.1 Å². The van der Waals surface area contributed by atoms with Crippen molar-refractivity contribution in [2.75, 3.05) is 16.8 Å². The Morgan fingerprint density at radius 2 is 1.38 bits per heavy atom. The van der Waals surface area contributed by atoms with E-state index in [4.69, 9.17) is 23.2 Å². The Kier molecular flexibility index (Phi) is 13.7. The van der Waals surface area contributed by atoms with Gasteiger partial charge in [0, 0.05) is 37.5 Å². The first-order valence-corrected chi connectivity index (χ1v) is 14.6. The highest BCUT2D eigenvalue weighted by molar-refractivity contribution is 8.14. The maximum atomic E-state index is 12.7. The Labute approximate surface area is 245 Å². The minimum absolute atomic E-state index is 0.0399. The van der Waals surface area contributed by atoms with Crippen molar-refractivity contribution in [1.82, 2.24) is 10.6 Å². The van der Waals surface area contributed by atoms with Gasteiger partial charge in [-0.25, -0.2) is 4.79 Å². The smallest absolute Gasteiger partial charge is 0.326 e. The predicted molar refractivity (Wildman–Crippen MR) is 157 cm³/mol. The zero-order valence-electron chi connectivity index (χ0n) is 21.3. The van der Waals surface area contributed by atoms with Gasteiger partial charge in [-0.3, -0.25) is 19.2 Å². The third-order valence-corrected chi connectivity index (χ3v) is 7.78. The lowest BCUT2D eigenvalue weighted by Gasteiger charge is -2.17. The Morgan fingerprint density at radius 1 is 0.821 bits per heavy atom. The average Bonchev–Trinajstić information content (AvgIpc) is 2.85. The Bertz CT molecular complexity index is 1190. The van der Waals surface area contributed by atoms with Crippen LogP contribution in [0, 0.1) is 0 Å². The van der Waals surface area contributed by atoms with Gasteiger partial charge in [-0.15, -0.1) is 0 Å². The number of para-hydroxylation sites is 2. The van der Waals surface area contributed by atoms with Gasteiger partial charge in [0.05, 0.1) is 21.8 Å². The standard InChI is InChI=1S/C26H29Cl2N3O6S2/c1-15(32)29-21(25(35)36)10-13-39-26(37)22(30-16(2)33)11-12-38-23(34)14-17-6-3-4-9-20(17)31-24-18(27)7-5-8-19(24)28/h3-9,21-22,31H,10-14H2,1-2H3,(H,29,32)(H,30,33)(H,35,36). The maximum absolute atomic E-state index is 12.7. The van der Waals surface area contributed by atoms with Crippen LogP contribution in [0.25, 0.3) is 0 Å². The number of amides is 2. The van der Waals surface area contributed by atoms with Crippen LogP contribution in [0.5, 0.6) is 0 Å². The highest BCUT2D eigenvalue weighted by Crippen LogP contribution is 2.34. The van der Waals surface area contributed by atoms with E-state index in [1.54, 1.807) is 18.2 Å². The number of carboxylic acid groups (broad SMARTS) is 1. The Balaban J connectivity index is 1.92. The van der Waals surface area contributed by atoms with Crippen LogP contribution >= 0.6 is 46.7 Å². The third kappa shape index (κ3) is 11.5. The number of halogens is 2. The van der Waals surface area contributed by atoms with E-state index in [-0.39, 0.29) is 41.0 Å². The highest BCUT2D eigenvalue weighted by atomic mass is 35.5. The molecule has 2 amide bonds. The molecule has 0 saturated carbocycles. The number of rotatable bonds is 14. The van der Waals surface area contributed by atoms with Crippen molar-refractivity contribution in [3.8, 4) is 0 Å². The second-order valence-electron chi connectivity index (χ2n) is 8.37. The van der Waals surface area contributed by atoms with E-state index in [0.29, 0.717) is 21.4 Å². The van der Waals surface area contributed by atoms with Crippen LogP contribution in [0.3, 0.4) is 0 Å². The summed E-state index contributed by atoms with van der Waals surface area (Å²) in [5, 5.41) is 17.7. The molecule has 39 heavy (non-hydrogen) atoms. The highest BCUT2D eigenvalue weighted by Gasteiger charge is 2.23. The summed E-state index contributed by atoms with van der Waals surface area (Å²) in [6.45, 7) is 2.50. The maximum Gasteiger partial charge on any atom is 0.326 e. The summed E-state index contributed by atoms with van der Waals surface area (Å²) in [6, 6.07) is 10.5. The van der Waals surface area contributed by atoms with Crippen LogP contribution in [0.4, 0.5) is 11.4 Å². The molecule has 0 spiro atoms. The summed E-state index contributed by atoms with van der Waals surface area (Å²) in [7, 11) is 0. The predicted octanol–water partition coefficient (Wildman–Crippen LogP) is 4.67. The number of aliphatic carboxylic acids is 1. The van der Waals surface area contributed by atoms with E-state index in [0.717, 1.165) is 29.1 Å². The molecule has 2 aromatic carbocycles. The van der Waals surface area contributed by atoms with Gasteiger partial charge in [-0.1, -0.05) is 71.0 Å². The fourth-order valence-electron chi connectivity index (χ4n) is 3.42. The van der Waals surface area contributed by atoms with Crippen molar-refractivity contribution >= 4 is 86.1 Å². The molecule has 0 saturated heterocycles. The van der Waals surface area contributed by atoms with Crippen LogP contribution in [-0.4, -0.2) is 56.7 Å². The van der Waals surface area contributed by atoms with E-state index in [1.807, 2.05) is 24.3 Å². The van der Waals surface area contributed by atoms with Gasteiger partial charge in [0.1, 0.15) is 6.04 Å². The zero-order chi connectivity index (χ0) is 28.9. The van der Waals surface area contributed by atoms with E-state index in [9.17, 15) is 29.1 Å². The van der Waals surface area contributed by atoms with Crippen LogP contribution in [0.15, 0.2) is 42.5 Å². The fraction of sp³-hybridized carbons (Fsp3) is 0.346. The van der Waals surface area contributed by atoms with Crippen molar-refractivity contribution in [3.63, 3.8) is 0 Å². The van der Waals surface area contributed by atoms with Crippen LogP contribution in [0.2, 0.25) is 10.0 Å². The van der Waals surface area contributed by atoms with Gasteiger partial charge in [0.2, 0.25) is 16.9 Å². The SMILES string of the molecule is CC(=O)NC(CCSC(=O)C(CCSC(=O)Cc1ccccc1Nc1c(Cl)cccc1Cl)NC(C)=O)C(=O)O. The van der Waals surface area contributed by atoms with E-state index in [1.165, 1.54) is 13.8 Å². The second-order valence-corrected chi connectivity index (χ2v) is 11.4. The fourth-order valence-corrected chi connectivity index (χ4v) is 5.68. The average molecular weight is 615 g/mol. The van der Waals surface area contributed by atoms with Crippen molar-refractivity contribution < 1.29 is 29.1 Å². The minimum atomic E-state index is -1.20. The molecule has 0 bridgehead atoms. The minimum Gasteiger partial charge on any atom is -0.480 e. The number of anilines is 2. The number of hydrogen-bond acceptors (Lipinski definition) is 8. The molecular weight excluding hydrogens is 585 g/mol. The van der Waals surface area contributed by atoms with Crippen LogP contribution in [0.1, 0.15) is 32.3 Å². The van der Waals surface area contributed by atoms with Gasteiger partial charge in [0.25, 0.3) is 0 Å². The molecule has 13 heteroatoms. The molecule has 0 aliphatic heterocycles. The number of nitrogens with one attached hydrogen (secondary N) is 3. The Morgan fingerprint density at radius 3 is 2.00 bits per heavy atom. The molecule has 0 aliphatic rings. The number of thioether (sulfide) groups is 2. The molecular formula is C26H29Cl2N3O6S2. The normalized spacial score (nSPS) is 12.2. The van der Waals surface area contributed by atoms with Crippen molar-refractivity contribution in [2.45, 2.75) is 45.2 Å². The second kappa shape index (κ2) is 16.4. The van der Waals surface area contributed by atoms with Gasteiger partial charge in [-0.05, 0) is 36.6 Å². The molecule has 2 rings (SSSR count). The molecule has 0 aliphatic carbocycles. The third-order valence-electron chi connectivity index (χ3n) is 5.23. The first kappa shape index (κ1) is 32.5. The summed E-state index contributed by atoms with van der Waals surface area (Å²) >= 11 is 14.4. The largest absolute Gasteiger partial charge is 0.480 e. The van der Waals surface area contributed by atoms with Crippen molar-refractivity contribution in [1.29, 1.82) is 0 Å². The molecule has 0 fully saturated rings. The summed E-state index contributed by atoms with van der Waals surface area (Å²) in [4.78, 5) is 59.5. The number of carboxylic acids is 1.